The van der Waals surface area contributed by atoms with Gasteiger partial charge in [0.2, 0.25) is 0 Å². The van der Waals surface area contributed by atoms with Crippen molar-refractivity contribution in [2.45, 2.75) is 25.9 Å². The van der Waals surface area contributed by atoms with Gasteiger partial charge in [0, 0.05) is 43.9 Å². The maximum absolute atomic E-state index is 12.8. The van der Waals surface area contributed by atoms with E-state index in [-0.39, 0.29) is 5.91 Å². The van der Waals surface area contributed by atoms with Crippen LogP contribution in [0.1, 0.15) is 34.3 Å². The van der Waals surface area contributed by atoms with E-state index in [1.807, 2.05) is 29.2 Å². The van der Waals surface area contributed by atoms with Crippen LogP contribution < -0.4 is 14.2 Å². The number of likely N-dealkylation sites (tertiary alicyclic amines) is 1. The molecular weight excluding hydrogens is 368 g/mol. The average Bonchev–Trinajstić information content (AvgIpc) is 3.21. The summed E-state index contributed by atoms with van der Waals surface area (Å²) in [5.41, 5.74) is 3.02. The first-order chi connectivity index (χ1) is 14.3. The summed E-state index contributed by atoms with van der Waals surface area (Å²) in [7, 11) is 0. The van der Waals surface area contributed by atoms with Gasteiger partial charge in [0.15, 0.2) is 11.5 Å². The highest BCUT2D eigenvalue weighted by Crippen LogP contribution is 2.32. The lowest BCUT2D eigenvalue weighted by Crippen LogP contribution is -2.28. The fraction of sp³-hybridized carbons (Fsp3) is 0.435. The zero-order valence-electron chi connectivity index (χ0n) is 16.6. The van der Waals surface area contributed by atoms with E-state index >= 15 is 0 Å². The van der Waals surface area contributed by atoms with E-state index in [9.17, 15) is 4.79 Å². The van der Waals surface area contributed by atoms with Crippen molar-refractivity contribution in [3.05, 3.63) is 53.1 Å². The smallest absolute Gasteiger partial charge is 0.253 e. The first kappa shape index (κ1) is 18.3. The Labute approximate surface area is 171 Å². The van der Waals surface area contributed by atoms with Gasteiger partial charge in [0.05, 0.1) is 0 Å². The largest absolute Gasteiger partial charge is 0.492 e. The van der Waals surface area contributed by atoms with Crippen molar-refractivity contribution in [1.29, 1.82) is 0 Å². The van der Waals surface area contributed by atoms with Crippen molar-refractivity contribution in [2.75, 3.05) is 39.5 Å². The van der Waals surface area contributed by atoms with Gasteiger partial charge in [-0.1, -0.05) is 6.07 Å². The molecule has 6 nitrogen and oxygen atoms in total. The van der Waals surface area contributed by atoms with Crippen molar-refractivity contribution >= 4 is 5.91 Å². The summed E-state index contributed by atoms with van der Waals surface area (Å²) in [4.78, 5) is 17.1. The maximum atomic E-state index is 12.8. The van der Waals surface area contributed by atoms with E-state index in [4.69, 9.17) is 14.2 Å². The minimum atomic E-state index is 0.132. The molecule has 0 unspecified atom stereocenters. The first-order valence-corrected chi connectivity index (χ1v) is 10.4. The molecular formula is C23H26N2O4. The van der Waals surface area contributed by atoms with E-state index in [0.29, 0.717) is 19.8 Å². The van der Waals surface area contributed by atoms with Crippen LogP contribution in [-0.2, 0) is 13.1 Å². The molecule has 2 aromatic carbocycles. The van der Waals surface area contributed by atoms with Crippen molar-refractivity contribution in [2.24, 2.45) is 0 Å². The first-order valence-electron chi connectivity index (χ1n) is 10.4. The normalized spacial score (nSPS) is 18.7. The van der Waals surface area contributed by atoms with E-state index in [1.165, 1.54) is 5.56 Å². The molecule has 0 spiro atoms. The van der Waals surface area contributed by atoms with Crippen LogP contribution in [0.25, 0.3) is 0 Å². The number of amides is 1. The van der Waals surface area contributed by atoms with Crippen LogP contribution in [0.4, 0.5) is 0 Å². The van der Waals surface area contributed by atoms with Gasteiger partial charge in [-0.3, -0.25) is 9.69 Å². The predicted octanol–water partition coefficient (Wildman–Crippen LogP) is 3.09. The summed E-state index contributed by atoms with van der Waals surface area (Å²) < 4.78 is 17.3. The summed E-state index contributed by atoms with van der Waals surface area (Å²) in [6, 6.07) is 12.0. The molecule has 3 aliphatic heterocycles. The minimum absolute atomic E-state index is 0.132. The van der Waals surface area contributed by atoms with Crippen LogP contribution in [0.5, 0.6) is 17.2 Å². The molecule has 2 aromatic rings. The molecule has 1 saturated heterocycles. The van der Waals surface area contributed by atoms with Crippen LogP contribution in [0.3, 0.4) is 0 Å². The second kappa shape index (κ2) is 7.95. The number of ether oxygens (including phenoxy) is 3. The highest BCUT2D eigenvalue weighted by molar-refractivity contribution is 5.94. The Kier molecular flexibility index (Phi) is 5.02. The van der Waals surface area contributed by atoms with Gasteiger partial charge in [-0.05, 0) is 48.7 Å². The van der Waals surface area contributed by atoms with Gasteiger partial charge in [0.25, 0.3) is 5.91 Å². The zero-order chi connectivity index (χ0) is 19.6. The van der Waals surface area contributed by atoms with Gasteiger partial charge in [-0.2, -0.15) is 0 Å². The molecule has 6 heteroatoms. The SMILES string of the molecule is O=C(c1ccc2c(c1)CN(Cc1ccc3c(c1)OCCO3)CCO2)N1CCCC1. The number of nitrogens with zero attached hydrogens (tertiary/aromatic N) is 2. The molecule has 0 radical (unpaired) electrons. The van der Waals surface area contributed by atoms with Crippen LogP contribution in [0, 0.1) is 0 Å². The number of carbonyl (C=O) groups is 1. The lowest BCUT2D eigenvalue weighted by molar-refractivity contribution is 0.0792. The molecule has 0 saturated carbocycles. The lowest BCUT2D eigenvalue weighted by atomic mass is 10.1. The molecule has 0 bridgehead atoms. The van der Waals surface area contributed by atoms with Crippen molar-refractivity contribution < 1.29 is 19.0 Å². The number of benzene rings is 2. The summed E-state index contributed by atoms with van der Waals surface area (Å²) >= 11 is 0. The third-order valence-electron chi connectivity index (χ3n) is 5.77. The predicted molar refractivity (Wildman–Crippen MR) is 109 cm³/mol. The second-order valence-electron chi connectivity index (χ2n) is 7.86. The fourth-order valence-electron chi connectivity index (χ4n) is 4.26. The Balaban J connectivity index is 1.33. The van der Waals surface area contributed by atoms with E-state index in [2.05, 4.69) is 17.0 Å². The third-order valence-corrected chi connectivity index (χ3v) is 5.77. The average molecular weight is 394 g/mol. The number of hydrogen-bond acceptors (Lipinski definition) is 5. The van der Waals surface area contributed by atoms with Gasteiger partial charge < -0.3 is 19.1 Å². The van der Waals surface area contributed by atoms with Crippen LogP contribution in [0.15, 0.2) is 36.4 Å². The van der Waals surface area contributed by atoms with Crippen molar-refractivity contribution in [3.8, 4) is 17.2 Å². The molecule has 1 amide bonds. The van der Waals surface area contributed by atoms with Crippen LogP contribution in [0.2, 0.25) is 0 Å². The van der Waals surface area contributed by atoms with Crippen LogP contribution in [-0.4, -0.2) is 55.2 Å². The third kappa shape index (κ3) is 3.90. The molecule has 3 heterocycles. The van der Waals surface area contributed by atoms with Crippen LogP contribution >= 0.6 is 0 Å². The molecule has 29 heavy (non-hydrogen) atoms. The Morgan fingerprint density at radius 3 is 2.45 bits per heavy atom. The maximum Gasteiger partial charge on any atom is 0.253 e. The molecule has 0 N–H and O–H groups in total. The van der Waals surface area contributed by atoms with Crippen molar-refractivity contribution in [1.82, 2.24) is 9.80 Å². The number of rotatable bonds is 3. The standard InChI is InChI=1S/C23H26N2O4/c26-23(25-7-1-2-8-25)18-4-6-20-19(14-18)16-24(9-10-27-20)15-17-3-5-21-22(13-17)29-12-11-28-21/h3-6,13-14H,1-2,7-12,15-16H2. The van der Waals surface area contributed by atoms with E-state index in [0.717, 1.165) is 73.9 Å². The fourth-order valence-corrected chi connectivity index (χ4v) is 4.26. The lowest BCUT2D eigenvalue weighted by Gasteiger charge is -2.22. The molecule has 5 rings (SSSR count). The Morgan fingerprint density at radius 2 is 1.59 bits per heavy atom. The van der Waals surface area contributed by atoms with Gasteiger partial charge in [-0.15, -0.1) is 0 Å². The van der Waals surface area contributed by atoms with Gasteiger partial charge in [-0.25, -0.2) is 0 Å². The highest BCUT2D eigenvalue weighted by Gasteiger charge is 2.22. The highest BCUT2D eigenvalue weighted by atomic mass is 16.6. The minimum Gasteiger partial charge on any atom is -0.492 e. The Hall–Kier alpha value is -2.73. The molecule has 152 valence electrons. The summed E-state index contributed by atoms with van der Waals surface area (Å²) in [6.45, 7) is 5.94. The zero-order valence-corrected chi connectivity index (χ0v) is 16.6. The molecule has 0 atom stereocenters. The molecule has 0 aromatic heterocycles. The molecule has 1 fully saturated rings. The second-order valence-corrected chi connectivity index (χ2v) is 7.86. The Morgan fingerprint density at radius 1 is 0.828 bits per heavy atom. The number of fused-ring (bicyclic) bond motifs is 2. The molecule has 3 aliphatic rings. The van der Waals surface area contributed by atoms with E-state index in [1.54, 1.807) is 0 Å². The van der Waals surface area contributed by atoms with E-state index < -0.39 is 0 Å². The monoisotopic (exact) mass is 394 g/mol. The summed E-state index contributed by atoms with van der Waals surface area (Å²) in [6.07, 6.45) is 2.20. The number of carbonyl (C=O) groups excluding carboxylic acids is 1. The van der Waals surface area contributed by atoms with Gasteiger partial charge in [0.1, 0.15) is 25.6 Å². The summed E-state index contributed by atoms with van der Waals surface area (Å²) in [5.74, 6) is 2.65. The number of hydrogen-bond donors (Lipinski definition) is 0. The summed E-state index contributed by atoms with van der Waals surface area (Å²) in [5, 5.41) is 0. The van der Waals surface area contributed by atoms with Gasteiger partial charge >= 0.3 is 0 Å². The quantitative estimate of drug-likeness (QED) is 0.801. The Bertz CT molecular complexity index is 908. The molecule has 0 aliphatic carbocycles. The topological polar surface area (TPSA) is 51.2 Å². The van der Waals surface area contributed by atoms with Crippen molar-refractivity contribution in [3.63, 3.8) is 0 Å².